The summed E-state index contributed by atoms with van der Waals surface area (Å²) in [6, 6.07) is 7.98. The summed E-state index contributed by atoms with van der Waals surface area (Å²) in [4.78, 5) is 21.3. The minimum Gasteiger partial charge on any atom is -0.479 e. The smallest absolute Gasteiger partial charge is 0.254 e. The third kappa shape index (κ3) is 4.33. The van der Waals surface area contributed by atoms with Gasteiger partial charge < -0.3 is 19.1 Å². The van der Waals surface area contributed by atoms with Crippen LogP contribution in [0.2, 0.25) is 0 Å². The summed E-state index contributed by atoms with van der Waals surface area (Å²) in [6.07, 6.45) is 2.99. The largest absolute Gasteiger partial charge is 0.479 e. The number of aryl methyl sites for hydroxylation is 2. The number of amides is 1. The van der Waals surface area contributed by atoms with Crippen LogP contribution in [-0.2, 0) is 11.2 Å². The second kappa shape index (κ2) is 8.21. The summed E-state index contributed by atoms with van der Waals surface area (Å²) in [7, 11) is 3.43. The zero-order chi connectivity index (χ0) is 18.5. The molecule has 0 radical (unpaired) electrons. The lowest BCUT2D eigenvalue weighted by molar-refractivity contribution is -0.132. The van der Waals surface area contributed by atoms with E-state index in [1.54, 1.807) is 13.2 Å². The van der Waals surface area contributed by atoms with Gasteiger partial charge in [0, 0.05) is 50.8 Å². The predicted molar refractivity (Wildman–Crippen MR) is 98.4 cm³/mol. The summed E-state index contributed by atoms with van der Waals surface area (Å²) in [5, 5.41) is 3.76. The molecule has 1 saturated heterocycles. The van der Waals surface area contributed by atoms with E-state index in [9.17, 15) is 4.79 Å². The Morgan fingerprint density at radius 1 is 1.46 bits per heavy atom. The monoisotopic (exact) mass is 358 g/mol. The molecule has 0 spiro atoms. The zero-order valence-corrected chi connectivity index (χ0v) is 15.6. The van der Waals surface area contributed by atoms with E-state index in [-0.39, 0.29) is 11.9 Å². The number of rotatable bonds is 6. The number of ether oxygens (including phenoxy) is 1. The van der Waals surface area contributed by atoms with Gasteiger partial charge in [0.1, 0.15) is 11.6 Å². The van der Waals surface area contributed by atoms with Gasteiger partial charge in [-0.1, -0.05) is 6.07 Å². The maximum Gasteiger partial charge on any atom is 0.254 e. The van der Waals surface area contributed by atoms with Crippen molar-refractivity contribution in [1.82, 2.24) is 15.0 Å². The number of piperidine rings is 1. The molecule has 1 fully saturated rings. The van der Waals surface area contributed by atoms with Gasteiger partial charge in [0.05, 0.1) is 7.11 Å². The highest BCUT2D eigenvalue weighted by atomic mass is 16.5. The third-order valence-electron chi connectivity index (χ3n) is 4.87. The van der Waals surface area contributed by atoms with Crippen molar-refractivity contribution in [2.45, 2.75) is 38.6 Å². The summed E-state index contributed by atoms with van der Waals surface area (Å²) < 4.78 is 10.1. The van der Waals surface area contributed by atoms with Crippen LogP contribution < -0.4 is 9.64 Å². The quantitative estimate of drug-likeness (QED) is 0.790. The lowest BCUT2D eigenvalue weighted by atomic mass is 10.0. The SMILES string of the molecule is COc1cc(CCC(=O)N(C)[C@@H]2CCCN(c3cccc(C)n3)C2)on1. The zero-order valence-electron chi connectivity index (χ0n) is 15.6. The van der Waals surface area contributed by atoms with Crippen LogP contribution in [0.1, 0.15) is 30.7 Å². The fraction of sp³-hybridized carbons (Fsp3) is 0.526. The first-order valence-electron chi connectivity index (χ1n) is 9.00. The summed E-state index contributed by atoms with van der Waals surface area (Å²) in [6.45, 7) is 3.79. The number of hydrogen-bond acceptors (Lipinski definition) is 6. The van der Waals surface area contributed by atoms with Crippen molar-refractivity contribution in [2.75, 3.05) is 32.1 Å². The van der Waals surface area contributed by atoms with Crippen molar-refractivity contribution in [2.24, 2.45) is 0 Å². The Kier molecular flexibility index (Phi) is 5.75. The number of methoxy groups -OCH3 is 1. The Bertz CT molecular complexity index is 746. The van der Waals surface area contributed by atoms with Crippen LogP contribution in [0, 0.1) is 6.92 Å². The van der Waals surface area contributed by atoms with Crippen molar-refractivity contribution >= 4 is 11.7 Å². The number of pyridine rings is 1. The van der Waals surface area contributed by atoms with Crippen LogP contribution in [0.15, 0.2) is 28.8 Å². The van der Waals surface area contributed by atoms with E-state index in [1.165, 1.54) is 0 Å². The molecule has 1 aliphatic rings. The first kappa shape index (κ1) is 18.2. The Labute approximate surface area is 153 Å². The second-order valence-electron chi connectivity index (χ2n) is 6.72. The van der Waals surface area contributed by atoms with Crippen molar-refractivity contribution in [3.63, 3.8) is 0 Å². The molecule has 140 valence electrons. The second-order valence-corrected chi connectivity index (χ2v) is 6.72. The van der Waals surface area contributed by atoms with Crippen LogP contribution in [-0.4, -0.2) is 54.2 Å². The number of aromatic nitrogens is 2. The first-order valence-corrected chi connectivity index (χ1v) is 9.00. The van der Waals surface area contributed by atoms with Crippen molar-refractivity contribution in [3.05, 3.63) is 35.7 Å². The fourth-order valence-corrected chi connectivity index (χ4v) is 3.30. The van der Waals surface area contributed by atoms with E-state index in [0.717, 1.165) is 37.4 Å². The Balaban J connectivity index is 1.56. The van der Waals surface area contributed by atoms with Crippen molar-refractivity contribution in [1.29, 1.82) is 0 Å². The molecule has 0 N–H and O–H groups in total. The van der Waals surface area contributed by atoms with Crippen LogP contribution in [0.25, 0.3) is 0 Å². The molecule has 0 bridgehead atoms. The minimum absolute atomic E-state index is 0.115. The third-order valence-corrected chi connectivity index (χ3v) is 4.87. The van der Waals surface area contributed by atoms with Crippen molar-refractivity contribution < 1.29 is 14.1 Å². The average molecular weight is 358 g/mol. The maximum atomic E-state index is 12.6. The van der Waals surface area contributed by atoms with E-state index in [4.69, 9.17) is 9.26 Å². The predicted octanol–water partition coefficient (Wildman–Crippen LogP) is 2.45. The van der Waals surface area contributed by atoms with E-state index >= 15 is 0 Å². The number of hydrogen-bond donors (Lipinski definition) is 0. The van der Waals surface area contributed by atoms with Crippen LogP contribution in [0.5, 0.6) is 5.88 Å². The van der Waals surface area contributed by atoms with Gasteiger partial charge in [0.25, 0.3) is 5.88 Å². The molecule has 0 saturated carbocycles. The highest BCUT2D eigenvalue weighted by molar-refractivity contribution is 5.76. The molecule has 0 aromatic carbocycles. The van der Waals surface area contributed by atoms with Crippen molar-refractivity contribution in [3.8, 4) is 5.88 Å². The topological polar surface area (TPSA) is 71.7 Å². The molecule has 1 aliphatic heterocycles. The summed E-state index contributed by atoms with van der Waals surface area (Å²) >= 11 is 0. The summed E-state index contributed by atoms with van der Waals surface area (Å²) in [5.74, 6) is 2.21. The van der Waals surface area contributed by atoms with Gasteiger partial charge >= 0.3 is 0 Å². The number of carbonyl (C=O) groups excluding carboxylic acids is 1. The molecule has 2 aromatic rings. The molecule has 0 aliphatic carbocycles. The van der Waals surface area contributed by atoms with Gasteiger partial charge in [0.15, 0.2) is 0 Å². The standard InChI is InChI=1S/C19H26N4O3/c1-14-6-4-8-17(20-14)23-11-5-7-15(13-23)22(2)19(24)10-9-16-12-18(25-3)21-26-16/h4,6,8,12,15H,5,7,9-11,13H2,1-3H3/t15-/m1/s1. The molecule has 3 heterocycles. The number of anilines is 1. The minimum atomic E-state index is 0.115. The molecule has 7 nitrogen and oxygen atoms in total. The maximum absolute atomic E-state index is 12.6. The van der Waals surface area contributed by atoms with Crippen LogP contribution in [0.3, 0.4) is 0 Å². The van der Waals surface area contributed by atoms with Crippen LogP contribution in [0.4, 0.5) is 5.82 Å². The lowest BCUT2D eigenvalue weighted by Gasteiger charge is -2.38. The number of carbonyl (C=O) groups is 1. The molecule has 0 unspecified atom stereocenters. The van der Waals surface area contributed by atoms with Gasteiger partial charge in [-0.05, 0) is 37.1 Å². The van der Waals surface area contributed by atoms with Gasteiger partial charge in [0.2, 0.25) is 5.91 Å². The number of likely N-dealkylation sites (N-methyl/N-ethyl adjacent to an activating group) is 1. The first-order chi connectivity index (χ1) is 12.6. The van der Waals surface area contributed by atoms with Crippen LogP contribution >= 0.6 is 0 Å². The molecule has 1 amide bonds. The molecule has 3 rings (SSSR count). The van der Waals surface area contributed by atoms with E-state index in [0.29, 0.717) is 24.5 Å². The summed E-state index contributed by atoms with van der Waals surface area (Å²) in [5.41, 5.74) is 1.01. The fourth-order valence-electron chi connectivity index (χ4n) is 3.30. The molecule has 26 heavy (non-hydrogen) atoms. The van der Waals surface area contributed by atoms with Gasteiger partial charge in [-0.3, -0.25) is 4.79 Å². The Morgan fingerprint density at radius 3 is 3.04 bits per heavy atom. The highest BCUT2D eigenvalue weighted by Crippen LogP contribution is 2.21. The molecule has 1 atom stereocenters. The molecular formula is C19H26N4O3. The molecular weight excluding hydrogens is 332 g/mol. The van der Waals surface area contributed by atoms with Gasteiger partial charge in [-0.25, -0.2) is 4.98 Å². The Hall–Kier alpha value is -2.57. The van der Waals surface area contributed by atoms with Gasteiger partial charge in [-0.2, -0.15) is 0 Å². The lowest BCUT2D eigenvalue weighted by Crippen LogP contribution is -2.49. The Morgan fingerprint density at radius 2 is 2.31 bits per heavy atom. The number of nitrogens with zero attached hydrogens (tertiary/aromatic N) is 4. The molecule has 2 aromatic heterocycles. The average Bonchev–Trinajstić information content (AvgIpc) is 3.14. The highest BCUT2D eigenvalue weighted by Gasteiger charge is 2.26. The van der Waals surface area contributed by atoms with Gasteiger partial charge in [-0.15, -0.1) is 0 Å². The molecule has 7 heteroatoms. The van der Waals surface area contributed by atoms with E-state index in [1.807, 2.05) is 37.1 Å². The normalized spacial score (nSPS) is 17.2. The van der Waals surface area contributed by atoms with E-state index < -0.39 is 0 Å². The van der Waals surface area contributed by atoms with E-state index in [2.05, 4.69) is 15.0 Å².